The Balaban J connectivity index is 1.12. The van der Waals surface area contributed by atoms with Crippen molar-refractivity contribution in [1.82, 2.24) is 4.90 Å². The van der Waals surface area contributed by atoms with Gasteiger partial charge >= 0.3 is 12.1 Å². The molecule has 40 heavy (non-hydrogen) atoms. The molecule has 210 valence electrons. The van der Waals surface area contributed by atoms with Gasteiger partial charge in [-0.2, -0.15) is 13.2 Å². The molecule has 0 bridgehead atoms. The van der Waals surface area contributed by atoms with Gasteiger partial charge in [-0.05, 0) is 54.5 Å². The Morgan fingerprint density at radius 1 is 1.23 bits per heavy atom. The SMILES string of the molecule is COC(=O)C1CC12COc1cc(O[C@@H]3CCc4c3ccc(C(F)(F)F)c4CN3CCC4N=CN=CC4C3)ccc12. The van der Waals surface area contributed by atoms with Gasteiger partial charge < -0.3 is 14.2 Å². The standard InChI is InChI=1S/C30H30F3N3O4/c1-38-28(37)24-11-29(24)15-39-27-10-18(2-5-23(27)29)40-26-7-4-19-20(26)3-6-22(30(31,32)33)21(19)14-36-9-8-25-17(13-36)12-34-16-35-25/h2-3,5-6,10,12,16-17,24-26H,4,7-9,11,13-15H2,1H3/t17?,24?,25?,26-,29?/m1/s1. The second kappa shape index (κ2) is 9.33. The molecule has 0 aromatic heterocycles. The van der Waals surface area contributed by atoms with E-state index in [9.17, 15) is 18.0 Å². The first kappa shape index (κ1) is 25.6. The maximum atomic E-state index is 14.1. The summed E-state index contributed by atoms with van der Waals surface area (Å²) >= 11 is 0. The van der Waals surface area contributed by atoms with Crippen molar-refractivity contribution in [2.45, 2.75) is 56.0 Å². The van der Waals surface area contributed by atoms with E-state index in [1.807, 2.05) is 24.4 Å². The van der Waals surface area contributed by atoms with Crippen LogP contribution in [0.4, 0.5) is 13.2 Å². The van der Waals surface area contributed by atoms with E-state index in [1.165, 1.54) is 13.2 Å². The highest BCUT2D eigenvalue weighted by Crippen LogP contribution is 2.61. The lowest BCUT2D eigenvalue weighted by atomic mass is 9.91. The molecule has 5 aliphatic rings. The molecule has 0 N–H and O–H groups in total. The highest BCUT2D eigenvalue weighted by atomic mass is 19.4. The van der Waals surface area contributed by atoms with Crippen LogP contribution in [0.1, 0.15) is 53.2 Å². The predicted molar refractivity (Wildman–Crippen MR) is 141 cm³/mol. The summed E-state index contributed by atoms with van der Waals surface area (Å²) in [6, 6.07) is 8.59. The van der Waals surface area contributed by atoms with Crippen molar-refractivity contribution in [2.24, 2.45) is 21.8 Å². The average molecular weight is 554 g/mol. The van der Waals surface area contributed by atoms with Gasteiger partial charge in [-0.25, -0.2) is 4.99 Å². The van der Waals surface area contributed by atoms with E-state index in [-0.39, 0.29) is 41.9 Å². The monoisotopic (exact) mass is 553 g/mol. The molecule has 7 rings (SSSR count). The molecule has 3 heterocycles. The number of ether oxygens (including phenoxy) is 3. The molecule has 4 unspecified atom stereocenters. The number of carbonyl (C=O) groups is 1. The van der Waals surface area contributed by atoms with E-state index in [4.69, 9.17) is 14.2 Å². The third-order valence-electron chi connectivity index (χ3n) is 9.28. The van der Waals surface area contributed by atoms with Gasteiger partial charge in [0.25, 0.3) is 0 Å². The summed E-state index contributed by atoms with van der Waals surface area (Å²) in [5, 5.41) is 0. The molecule has 2 fully saturated rings. The number of halogens is 3. The summed E-state index contributed by atoms with van der Waals surface area (Å²) in [5.41, 5.74) is 2.00. The highest BCUT2D eigenvalue weighted by Gasteiger charge is 2.64. The van der Waals surface area contributed by atoms with E-state index >= 15 is 0 Å². The van der Waals surface area contributed by atoms with Gasteiger partial charge in [0.05, 0.1) is 31.2 Å². The Morgan fingerprint density at radius 2 is 2.10 bits per heavy atom. The molecule has 10 heteroatoms. The number of fused-ring (bicyclic) bond motifs is 4. The smallest absolute Gasteiger partial charge is 0.416 e. The lowest BCUT2D eigenvalue weighted by Crippen LogP contribution is -2.44. The van der Waals surface area contributed by atoms with Crippen molar-refractivity contribution in [3.8, 4) is 11.5 Å². The topological polar surface area (TPSA) is 72.7 Å². The van der Waals surface area contributed by atoms with E-state index in [0.29, 0.717) is 56.0 Å². The normalized spacial score (nSPS) is 30.0. The molecule has 1 saturated heterocycles. The number of aliphatic imine (C=N–C) groups is 2. The first-order valence-electron chi connectivity index (χ1n) is 13.8. The first-order chi connectivity index (χ1) is 19.3. The van der Waals surface area contributed by atoms with Crippen LogP contribution in [0.15, 0.2) is 40.3 Å². The number of benzene rings is 2. The van der Waals surface area contributed by atoms with Crippen LogP contribution in [0.5, 0.6) is 11.5 Å². The Kier molecular flexibility index (Phi) is 5.96. The van der Waals surface area contributed by atoms with Gasteiger partial charge in [0.15, 0.2) is 0 Å². The van der Waals surface area contributed by atoms with Crippen LogP contribution in [0, 0.1) is 11.8 Å². The first-order valence-corrected chi connectivity index (χ1v) is 13.8. The fourth-order valence-electron chi connectivity index (χ4n) is 7.09. The number of likely N-dealkylation sites (tertiary alicyclic amines) is 1. The largest absolute Gasteiger partial charge is 0.492 e. The molecule has 0 amide bonds. The summed E-state index contributed by atoms with van der Waals surface area (Å²) in [7, 11) is 1.40. The number of carbonyl (C=O) groups excluding carboxylic acids is 1. The minimum Gasteiger partial charge on any atom is -0.492 e. The molecule has 5 atom stereocenters. The minimum atomic E-state index is -4.43. The summed E-state index contributed by atoms with van der Waals surface area (Å²) in [4.78, 5) is 22.7. The number of methoxy groups -OCH3 is 1. The third kappa shape index (κ3) is 4.19. The molecule has 1 saturated carbocycles. The number of hydrogen-bond donors (Lipinski definition) is 0. The van der Waals surface area contributed by atoms with Crippen LogP contribution in [0.3, 0.4) is 0 Å². The summed E-state index contributed by atoms with van der Waals surface area (Å²) in [6.07, 6.45) is 1.28. The number of rotatable bonds is 5. The summed E-state index contributed by atoms with van der Waals surface area (Å²) in [6.45, 7) is 2.00. The molecule has 3 aliphatic heterocycles. The number of piperidine rings is 1. The predicted octanol–water partition coefficient (Wildman–Crippen LogP) is 4.90. The van der Waals surface area contributed by atoms with E-state index in [2.05, 4.69) is 14.9 Å². The maximum Gasteiger partial charge on any atom is 0.416 e. The van der Waals surface area contributed by atoms with Gasteiger partial charge in [0.2, 0.25) is 0 Å². The lowest BCUT2D eigenvalue weighted by Gasteiger charge is -2.36. The average Bonchev–Trinajstić information content (AvgIpc) is 3.37. The number of nitrogens with zero attached hydrogens (tertiary/aromatic N) is 3. The quantitative estimate of drug-likeness (QED) is 0.493. The third-order valence-corrected chi connectivity index (χ3v) is 9.28. The van der Waals surface area contributed by atoms with Crippen LogP contribution in [0.25, 0.3) is 0 Å². The van der Waals surface area contributed by atoms with E-state index in [1.54, 1.807) is 12.4 Å². The zero-order valence-electron chi connectivity index (χ0n) is 22.1. The maximum absolute atomic E-state index is 14.1. The second-order valence-electron chi connectivity index (χ2n) is 11.5. The highest BCUT2D eigenvalue weighted by molar-refractivity contribution is 5.80. The molecular formula is C30H30F3N3O4. The van der Waals surface area contributed by atoms with E-state index in [0.717, 1.165) is 23.1 Å². The fraction of sp³-hybridized carbons (Fsp3) is 0.500. The van der Waals surface area contributed by atoms with Gasteiger partial charge in [0.1, 0.15) is 23.9 Å². The van der Waals surface area contributed by atoms with Crippen LogP contribution < -0.4 is 9.47 Å². The van der Waals surface area contributed by atoms with Gasteiger partial charge in [-0.15, -0.1) is 0 Å². The van der Waals surface area contributed by atoms with E-state index < -0.39 is 11.7 Å². The Bertz CT molecular complexity index is 1420. The Labute approximate surface area is 230 Å². The molecule has 0 radical (unpaired) electrons. The molecule has 2 aliphatic carbocycles. The van der Waals surface area contributed by atoms with Gasteiger partial charge in [-0.1, -0.05) is 12.1 Å². The fourth-order valence-corrected chi connectivity index (χ4v) is 7.09. The molecule has 1 spiro atoms. The molecule has 7 nitrogen and oxygen atoms in total. The number of hydrogen-bond acceptors (Lipinski definition) is 7. The van der Waals surface area contributed by atoms with Crippen LogP contribution in [-0.2, 0) is 34.1 Å². The van der Waals surface area contributed by atoms with Gasteiger partial charge in [0, 0.05) is 48.8 Å². The van der Waals surface area contributed by atoms with Crippen molar-refractivity contribution in [3.63, 3.8) is 0 Å². The summed E-state index contributed by atoms with van der Waals surface area (Å²) in [5.74, 6) is 0.995. The van der Waals surface area contributed by atoms with Crippen molar-refractivity contribution in [2.75, 3.05) is 26.8 Å². The van der Waals surface area contributed by atoms with Crippen molar-refractivity contribution < 1.29 is 32.2 Å². The minimum absolute atomic E-state index is 0.126. The van der Waals surface area contributed by atoms with Crippen molar-refractivity contribution in [3.05, 3.63) is 58.1 Å². The van der Waals surface area contributed by atoms with Crippen LogP contribution in [-0.4, -0.2) is 56.3 Å². The molecule has 2 aromatic carbocycles. The number of esters is 1. The van der Waals surface area contributed by atoms with Crippen molar-refractivity contribution in [1.29, 1.82) is 0 Å². The number of alkyl halides is 3. The van der Waals surface area contributed by atoms with Crippen LogP contribution in [0.2, 0.25) is 0 Å². The Hall–Kier alpha value is -3.40. The Morgan fingerprint density at radius 3 is 2.92 bits per heavy atom. The second-order valence-corrected chi connectivity index (χ2v) is 11.5. The van der Waals surface area contributed by atoms with Gasteiger partial charge in [-0.3, -0.25) is 14.7 Å². The van der Waals surface area contributed by atoms with Crippen molar-refractivity contribution >= 4 is 18.5 Å². The van der Waals surface area contributed by atoms with Crippen LogP contribution >= 0.6 is 0 Å². The zero-order chi connectivity index (χ0) is 27.6. The molecule has 2 aromatic rings. The zero-order valence-corrected chi connectivity index (χ0v) is 22.1. The summed E-state index contributed by atoms with van der Waals surface area (Å²) < 4.78 is 59.7. The lowest BCUT2D eigenvalue weighted by molar-refractivity contribution is -0.142. The molecular weight excluding hydrogens is 523 g/mol.